The largest absolute Gasteiger partial charge is 0.351 e. The van der Waals surface area contributed by atoms with Crippen molar-refractivity contribution in [2.45, 2.75) is 12.8 Å². The summed E-state index contributed by atoms with van der Waals surface area (Å²) in [4.78, 5) is 26.9. The lowest BCUT2D eigenvalue weighted by Gasteiger charge is -2.29. The number of halogens is 1. The highest BCUT2D eigenvalue weighted by Gasteiger charge is 2.26. The number of quaternary nitrogens is 2. The fourth-order valence-electron chi connectivity index (χ4n) is 3.77. The molecule has 160 valence electrons. The van der Waals surface area contributed by atoms with Gasteiger partial charge >= 0.3 is 0 Å². The molecule has 1 heterocycles. The number of carbonyl (C=O) groups is 2. The third-order valence-electron chi connectivity index (χ3n) is 5.57. The molecule has 6 nitrogen and oxygen atoms in total. The zero-order valence-corrected chi connectivity index (χ0v) is 17.4. The van der Waals surface area contributed by atoms with E-state index < -0.39 is 0 Å². The molecule has 2 aromatic carbocycles. The number of hydrogen-bond donors (Lipinski definition) is 4. The molecule has 2 amide bonds. The van der Waals surface area contributed by atoms with Crippen molar-refractivity contribution < 1.29 is 23.8 Å². The molecule has 0 unspecified atom stereocenters. The normalized spacial score (nSPS) is 19.7. The fourth-order valence-corrected chi connectivity index (χ4v) is 3.77. The Labute approximate surface area is 177 Å². The van der Waals surface area contributed by atoms with Gasteiger partial charge < -0.3 is 20.4 Å². The predicted octanol–water partition coefficient (Wildman–Crippen LogP) is -0.532. The maximum absolute atomic E-state index is 13.2. The highest BCUT2D eigenvalue weighted by atomic mass is 19.1. The van der Waals surface area contributed by atoms with Crippen LogP contribution in [0.2, 0.25) is 0 Å². The minimum absolute atomic E-state index is 0.0695. The second kappa shape index (κ2) is 10.8. The monoisotopic (exact) mass is 414 g/mol. The number of hydrogen-bond acceptors (Lipinski definition) is 2. The van der Waals surface area contributed by atoms with Gasteiger partial charge in [0.05, 0.1) is 0 Å². The van der Waals surface area contributed by atoms with Gasteiger partial charge in [0.2, 0.25) is 0 Å². The van der Waals surface area contributed by atoms with E-state index in [-0.39, 0.29) is 23.5 Å². The summed E-state index contributed by atoms with van der Waals surface area (Å²) in [6.45, 7) is 6.93. The van der Waals surface area contributed by atoms with Crippen LogP contribution in [0, 0.1) is 5.82 Å². The van der Waals surface area contributed by atoms with E-state index in [4.69, 9.17) is 0 Å². The molecular weight excluding hydrogens is 383 g/mol. The number of piperazine rings is 1. The molecule has 3 rings (SSSR count). The van der Waals surface area contributed by atoms with Crippen LogP contribution in [0.3, 0.4) is 0 Å². The summed E-state index contributed by atoms with van der Waals surface area (Å²) in [5, 5.41) is 5.79. The van der Waals surface area contributed by atoms with Crippen molar-refractivity contribution in [2.75, 3.05) is 51.1 Å². The van der Waals surface area contributed by atoms with Gasteiger partial charge in [0.25, 0.3) is 11.8 Å². The van der Waals surface area contributed by atoms with Crippen LogP contribution in [0.15, 0.2) is 54.6 Å². The number of anilines is 1. The zero-order chi connectivity index (χ0) is 21.3. The minimum atomic E-state index is -0.367. The van der Waals surface area contributed by atoms with Gasteiger partial charge in [-0.2, -0.15) is 0 Å². The van der Waals surface area contributed by atoms with E-state index in [0.717, 1.165) is 26.2 Å². The minimum Gasteiger partial charge on any atom is -0.351 e. The molecular formula is C23H31FN4O2+2. The first kappa shape index (κ1) is 21.9. The van der Waals surface area contributed by atoms with Crippen LogP contribution in [0.5, 0.6) is 0 Å². The Morgan fingerprint density at radius 1 is 0.933 bits per heavy atom. The molecule has 0 spiro atoms. The van der Waals surface area contributed by atoms with Gasteiger partial charge in [-0.25, -0.2) is 4.39 Å². The highest BCUT2D eigenvalue weighted by molar-refractivity contribution is 5.91. The molecule has 1 aliphatic heterocycles. The van der Waals surface area contributed by atoms with Crippen molar-refractivity contribution in [3.8, 4) is 0 Å². The Morgan fingerprint density at radius 3 is 2.20 bits per heavy atom. The van der Waals surface area contributed by atoms with E-state index in [2.05, 4.69) is 29.7 Å². The van der Waals surface area contributed by atoms with Gasteiger partial charge in [-0.1, -0.05) is 43.3 Å². The highest BCUT2D eigenvalue weighted by Crippen LogP contribution is 2.12. The quantitative estimate of drug-likeness (QED) is 0.469. The SMILES string of the molecule is C[C@H](CNC(=O)C[NH+]1CC[NH+](CC(=O)Nc2cccc(F)c2)CC1)c1ccccc1. The molecule has 0 aromatic heterocycles. The van der Waals surface area contributed by atoms with E-state index in [1.54, 1.807) is 12.1 Å². The van der Waals surface area contributed by atoms with Gasteiger partial charge in [0.15, 0.2) is 13.1 Å². The first-order valence-corrected chi connectivity index (χ1v) is 10.5. The van der Waals surface area contributed by atoms with Crippen LogP contribution < -0.4 is 20.4 Å². The number of nitrogens with one attached hydrogen (secondary N) is 4. The number of rotatable bonds is 8. The van der Waals surface area contributed by atoms with Crippen molar-refractivity contribution in [3.05, 3.63) is 66.0 Å². The molecule has 0 radical (unpaired) electrons. The Bertz CT molecular complexity index is 838. The first-order chi connectivity index (χ1) is 14.5. The molecule has 30 heavy (non-hydrogen) atoms. The summed E-state index contributed by atoms with van der Waals surface area (Å²) in [7, 11) is 0. The molecule has 0 aliphatic carbocycles. The van der Waals surface area contributed by atoms with E-state index >= 15 is 0 Å². The molecule has 7 heteroatoms. The van der Waals surface area contributed by atoms with Crippen molar-refractivity contribution in [1.29, 1.82) is 0 Å². The molecule has 4 N–H and O–H groups in total. The maximum atomic E-state index is 13.2. The molecule has 0 bridgehead atoms. The first-order valence-electron chi connectivity index (χ1n) is 10.5. The van der Waals surface area contributed by atoms with Gasteiger partial charge in [-0.3, -0.25) is 9.59 Å². The fraction of sp³-hybridized carbons (Fsp3) is 0.391. The molecule has 1 aliphatic rings. The van der Waals surface area contributed by atoms with Crippen LogP contribution in [-0.4, -0.2) is 57.6 Å². The average Bonchev–Trinajstić information content (AvgIpc) is 2.74. The standard InChI is InChI=1S/C23H29FN4O2/c1-18(19-6-3-2-4-7-19)15-25-22(29)16-27-10-12-28(13-11-27)17-23(30)26-21-9-5-8-20(24)14-21/h2-9,14,18H,10-13,15-17H2,1H3,(H,25,29)(H,26,30)/p+2/t18-/m1/s1. The topological polar surface area (TPSA) is 67.1 Å². The Morgan fingerprint density at radius 2 is 1.57 bits per heavy atom. The maximum Gasteiger partial charge on any atom is 0.279 e. The lowest BCUT2D eigenvalue weighted by Crippen LogP contribution is -3.28. The summed E-state index contributed by atoms with van der Waals surface area (Å²) in [6, 6.07) is 16.1. The smallest absolute Gasteiger partial charge is 0.279 e. The summed E-state index contributed by atoms with van der Waals surface area (Å²) in [5.74, 6) is -0.136. The van der Waals surface area contributed by atoms with Gasteiger partial charge in [0, 0.05) is 12.2 Å². The van der Waals surface area contributed by atoms with Gasteiger partial charge in [-0.15, -0.1) is 0 Å². The second-order valence-corrected chi connectivity index (χ2v) is 8.03. The van der Waals surface area contributed by atoms with E-state index in [1.165, 1.54) is 27.5 Å². The van der Waals surface area contributed by atoms with E-state index in [9.17, 15) is 14.0 Å². The lowest BCUT2D eigenvalue weighted by molar-refractivity contribution is -1.00. The Kier molecular flexibility index (Phi) is 7.93. The van der Waals surface area contributed by atoms with Crippen molar-refractivity contribution in [2.24, 2.45) is 0 Å². The average molecular weight is 415 g/mol. The Hall–Kier alpha value is -2.77. The molecule has 2 aromatic rings. The summed E-state index contributed by atoms with van der Waals surface area (Å²) < 4.78 is 13.2. The number of benzene rings is 2. The lowest BCUT2D eigenvalue weighted by atomic mass is 10.0. The van der Waals surface area contributed by atoms with Gasteiger partial charge in [-0.05, 0) is 29.7 Å². The third kappa shape index (κ3) is 6.93. The summed E-state index contributed by atoms with van der Waals surface area (Å²) in [5.41, 5.74) is 1.70. The van der Waals surface area contributed by atoms with Crippen LogP contribution in [-0.2, 0) is 9.59 Å². The summed E-state index contributed by atoms with van der Waals surface area (Å²) in [6.07, 6.45) is 0. The zero-order valence-electron chi connectivity index (χ0n) is 17.4. The van der Waals surface area contributed by atoms with E-state index in [0.29, 0.717) is 25.3 Å². The van der Waals surface area contributed by atoms with Crippen molar-refractivity contribution in [1.82, 2.24) is 5.32 Å². The van der Waals surface area contributed by atoms with Crippen molar-refractivity contribution >= 4 is 17.5 Å². The van der Waals surface area contributed by atoms with Crippen molar-refractivity contribution in [3.63, 3.8) is 0 Å². The van der Waals surface area contributed by atoms with Gasteiger partial charge in [0.1, 0.15) is 32.0 Å². The van der Waals surface area contributed by atoms with Crippen LogP contribution in [0.1, 0.15) is 18.4 Å². The predicted molar refractivity (Wildman–Crippen MR) is 114 cm³/mol. The van der Waals surface area contributed by atoms with Crippen LogP contribution >= 0.6 is 0 Å². The third-order valence-corrected chi connectivity index (χ3v) is 5.57. The second-order valence-electron chi connectivity index (χ2n) is 8.03. The molecule has 1 saturated heterocycles. The number of carbonyl (C=O) groups excluding carboxylic acids is 2. The Balaban J connectivity index is 1.34. The molecule has 1 atom stereocenters. The molecule has 1 fully saturated rings. The van der Waals surface area contributed by atoms with Crippen LogP contribution in [0.4, 0.5) is 10.1 Å². The van der Waals surface area contributed by atoms with E-state index in [1.807, 2.05) is 18.2 Å². The summed E-state index contributed by atoms with van der Waals surface area (Å²) >= 11 is 0. The molecule has 0 saturated carbocycles. The number of amides is 2. The van der Waals surface area contributed by atoms with Crippen LogP contribution in [0.25, 0.3) is 0 Å².